The largest absolute Gasteiger partial charge is 0.464 e. The third kappa shape index (κ3) is 4.45. The molecule has 0 radical (unpaired) electrons. The fraction of sp³-hybridized carbons (Fsp3) is 0.235. The van der Waals surface area contributed by atoms with Gasteiger partial charge in [0.05, 0.1) is 7.11 Å². The summed E-state index contributed by atoms with van der Waals surface area (Å²) in [5.41, 5.74) is 1.97. The Morgan fingerprint density at radius 1 is 1.21 bits per heavy atom. The number of carbonyl (C=O) groups excluding carboxylic acids is 2. The fourth-order valence-electron chi connectivity index (χ4n) is 1.84. The molecule has 0 aliphatic rings. The van der Waals surface area contributed by atoms with Crippen LogP contribution in [0.3, 0.4) is 0 Å². The van der Waals surface area contributed by atoms with E-state index in [-0.39, 0.29) is 18.2 Å². The minimum absolute atomic E-state index is 0.0192. The molecule has 1 amide bonds. The summed E-state index contributed by atoms with van der Waals surface area (Å²) in [5, 5.41) is 2.58. The van der Waals surface area contributed by atoms with Crippen LogP contribution in [0.25, 0.3) is 5.70 Å². The van der Waals surface area contributed by atoms with E-state index in [4.69, 9.17) is 9.15 Å². The Balaban J connectivity index is 2.04. The molecule has 0 aliphatic heterocycles. The van der Waals surface area contributed by atoms with Gasteiger partial charge < -0.3 is 13.9 Å². The second-order valence-corrected chi connectivity index (χ2v) is 5.09. The van der Waals surface area contributed by atoms with Crippen molar-refractivity contribution in [2.75, 3.05) is 7.11 Å². The molecule has 7 heteroatoms. The van der Waals surface area contributed by atoms with Gasteiger partial charge in [-0.1, -0.05) is 30.3 Å². The first-order valence-electron chi connectivity index (χ1n) is 7.20. The zero-order valence-electron chi connectivity index (χ0n) is 13.7. The lowest BCUT2D eigenvalue weighted by Crippen LogP contribution is -2.23. The summed E-state index contributed by atoms with van der Waals surface area (Å²) < 4.78 is 15.0. The fourth-order valence-corrected chi connectivity index (χ4v) is 1.84. The Hall–Kier alpha value is -3.09. The van der Waals surface area contributed by atoms with Crippen LogP contribution in [0.15, 0.2) is 46.6 Å². The van der Waals surface area contributed by atoms with Gasteiger partial charge in [0.15, 0.2) is 5.69 Å². The molecular weight excluding hydrogens is 312 g/mol. The first-order valence-corrected chi connectivity index (χ1v) is 7.20. The van der Waals surface area contributed by atoms with E-state index >= 15 is 0 Å². The highest BCUT2D eigenvalue weighted by molar-refractivity contribution is 5.87. The van der Waals surface area contributed by atoms with Gasteiger partial charge in [-0.3, -0.25) is 5.32 Å². The molecule has 2 aromatic rings. The van der Waals surface area contributed by atoms with Crippen molar-refractivity contribution in [2.45, 2.75) is 20.5 Å². The first kappa shape index (κ1) is 17.3. The first-order chi connectivity index (χ1) is 11.5. The molecule has 0 spiro atoms. The number of alkyl carbamates (subject to hydrolysis) is 1. The van der Waals surface area contributed by atoms with Crippen LogP contribution in [0.1, 0.15) is 35.8 Å². The van der Waals surface area contributed by atoms with Gasteiger partial charge >= 0.3 is 12.1 Å². The molecule has 24 heavy (non-hydrogen) atoms. The van der Waals surface area contributed by atoms with Crippen molar-refractivity contribution >= 4 is 17.8 Å². The minimum atomic E-state index is -0.645. The highest BCUT2D eigenvalue weighted by Crippen LogP contribution is 2.16. The second-order valence-electron chi connectivity index (χ2n) is 5.09. The van der Waals surface area contributed by atoms with Crippen LogP contribution in [0.5, 0.6) is 0 Å². The number of allylic oxidation sites excluding steroid dienone is 1. The molecule has 1 aromatic heterocycles. The average Bonchev–Trinajstić information content (AvgIpc) is 3.07. The maximum Gasteiger partial charge on any atom is 0.412 e. The molecule has 0 bridgehead atoms. The van der Waals surface area contributed by atoms with Gasteiger partial charge in [-0.15, -0.1) is 0 Å². The molecule has 0 saturated carbocycles. The summed E-state index contributed by atoms with van der Waals surface area (Å²) >= 11 is 0. The van der Waals surface area contributed by atoms with Gasteiger partial charge in [-0.25, -0.2) is 14.6 Å². The third-order valence-corrected chi connectivity index (χ3v) is 3.05. The smallest absolute Gasteiger partial charge is 0.412 e. The Labute approximate surface area is 139 Å². The van der Waals surface area contributed by atoms with Gasteiger partial charge in [0.1, 0.15) is 18.6 Å². The summed E-state index contributed by atoms with van der Waals surface area (Å²) in [5.74, 6) is -0.517. The number of ether oxygens (including phenoxy) is 2. The Morgan fingerprint density at radius 2 is 1.92 bits per heavy atom. The second kappa shape index (κ2) is 7.96. The lowest BCUT2D eigenvalue weighted by Gasteiger charge is -2.09. The highest BCUT2D eigenvalue weighted by Gasteiger charge is 2.18. The molecule has 0 unspecified atom stereocenters. The number of hydrogen-bond donors (Lipinski definition) is 1. The van der Waals surface area contributed by atoms with E-state index in [0.29, 0.717) is 5.70 Å². The third-order valence-electron chi connectivity index (χ3n) is 3.05. The standard InChI is InChI=1S/C17H18N2O5/c1-11(2)14(15-18-13(10-23-15)16(20)22-3)19-17(21)24-9-12-7-5-4-6-8-12/h4-8,10H,9H2,1-3H3,(H,19,21). The Morgan fingerprint density at radius 3 is 2.54 bits per heavy atom. The van der Waals surface area contributed by atoms with E-state index in [1.807, 2.05) is 30.3 Å². The molecule has 0 saturated heterocycles. The normalized spacial score (nSPS) is 9.96. The van der Waals surface area contributed by atoms with Crippen molar-refractivity contribution in [3.63, 3.8) is 0 Å². The van der Waals surface area contributed by atoms with Crippen LogP contribution in [0.2, 0.25) is 0 Å². The van der Waals surface area contributed by atoms with Crippen molar-refractivity contribution in [3.8, 4) is 0 Å². The molecule has 1 heterocycles. The quantitative estimate of drug-likeness (QED) is 0.847. The van der Waals surface area contributed by atoms with Crippen molar-refractivity contribution in [1.29, 1.82) is 0 Å². The number of methoxy groups -OCH3 is 1. The van der Waals surface area contributed by atoms with E-state index < -0.39 is 12.1 Å². The number of benzene rings is 1. The summed E-state index contributed by atoms with van der Waals surface area (Å²) in [6.07, 6.45) is 0.522. The summed E-state index contributed by atoms with van der Waals surface area (Å²) in [7, 11) is 1.25. The highest BCUT2D eigenvalue weighted by atomic mass is 16.5. The van der Waals surface area contributed by atoms with Gasteiger partial charge in [-0.2, -0.15) is 0 Å². The van der Waals surface area contributed by atoms with Gasteiger partial charge in [0.2, 0.25) is 5.89 Å². The lowest BCUT2D eigenvalue weighted by molar-refractivity contribution is 0.0594. The SMILES string of the molecule is COC(=O)c1coc(C(NC(=O)OCc2ccccc2)=C(C)C)n1. The van der Waals surface area contributed by atoms with E-state index in [1.165, 1.54) is 13.4 Å². The zero-order valence-corrected chi connectivity index (χ0v) is 13.7. The molecule has 1 aromatic carbocycles. The number of hydrogen-bond acceptors (Lipinski definition) is 6. The monoisotopic (exact) mass is 330 g/mol. The maximum absolute atomic E-state index is 12.0. The molecule has 7 nitrogen and oxygen atoms in total. The molecule has 126 valence electrons. The number of esters is 1. The number of nitrogens with zero attached hydrogens (tertiary/aromatic N) is 1. The minimum Gasteiger partial charge on any atom is -0.464 e. The van der Waals surface area contributed by atoms with Crippen LogP contribution in [-0.4, -0.2) is 24.2 Å². The van der Waals surface area contributed by atoms with E-state index in [9.17, 15) is 9.59 Å². The van der Waals surface area contributed by atoms with Crippen LogP contribution >= 0.6 is 0 Å². The van der Waals surface area contributed by atoms with Crippen molar-refractivity contribution in [2.24, 2.45) is 0 Å². The predicted octanol–water partition coefficient (Wildman–Crippen LogP) is 3.14. The van der Waals surface area contributed by atoms with Crippen LogP contribution < -0.4 is 5.32 Å². The maximum atomic E-state index is 12.0. The molecular formula is C17H18N2O5. The van der Waals surface area contributed by atoms with Crippen LogP contribution in [0.4, 0.5) is 4.79 Å². The lowest BCUT2D eigenvalue weighted by atomic mass is 10.2. The van der Waals surface area contributed by atoms with Gasteiger partial charge in [0.25, 0.3) is 0 Å². The van der Waals surface area contributed by atoms with Crippen molar-refractivity contribution < 1.29 is 23.5 Å². The van der Waals surface area contributed by atoms with Gasteiger partial charge in [0, 0.05) is 0 Å². The Kier molecular flexibility index (Phi) is 5.73. The number of amides is 1. The number of oxazole rings is 1. The van der Waals surface area contributed by atoms with Crippen molar-refractivity contribution in [3.05, 3.63) is 59.3 Å². The molecule has 2 rings (SSSR count). The number of nitrogens with one attached hydrogen (secondary N) is 1. The summed E-state index contributed by atoms with van der Waals surface area (Å²) in [4.78, 5) is 27.4. The summed E-state index contributed by atoms with van der Waals surface area (Å²) in [6.45, 7) is 3.69. The summed E-state index contributed by atoms with van der Waals surface area (Å²) in [6, 6.07) is 9.31. The zero-order chi connectivity index (χ0) is 17.5. The van der Waals surface area contributed by atoms with E-state index in [2.05, 4.69) is 15.0 Å². The van der Waals surface area contributed by atoms with Gasteiger partial charge in [-0.05, 0) is 25.0 Å². The van der Waals surface area contributed by atoms with Crippen LogP contribution in [-0.2, 0) is 16.1 Å². The average molecular weight is 330 g/mol. The van der Waals surface area contributed by atoms with E-state index in [1.54, 1.807) is 13.8 Å². The number of rotatable bonds is 5. The topological polar surface area (TPSA) is 90.7 Å². The number of carbonyl (C=O) groups is 2. The predicted molar refractivity (Wildman–Crippen MR) is 85.9 cm³/mol. The molecule has 0 fully saturated rings. The molecule has 1 N–H and O–H groups in total. The number of aromatic nitrogens is 1. The van der Waals surface area contributed by atoms with Crippen LogP contribution in [0, 0.1) is 0 Å². The molecule has 0 atom stereocenters. The molecule has 0 aliphatic carbocycles. The Bertz CT molecular complexity index is 745. The van der Waals surface area contributed by atoms with E-state index in [0.717, 1.165) is 11.1 Å². The van der Waals surface area contributed by atoms with Crippen molar-refractivity contribution in [1.82, 2.24) is 10.3 Å².